The molecule has 2 amide bonds. The van der Waals surface area contributed by atoms with Crippen molar-refractivity contribution in [3.05, 3.63) is 0 Å². The van der Waals surface area contributed by atoms with Crippen LogP contribution in [0.5, 0.6) is 0 Å². The third-order valence-electron chi connectivity index (χ3n) is 3.33. The smallest absolute Gasteiger partial charge is 0.312 e. The Labute approximate surface area is 134 Å². The molecule has 1 rings (SSSR count). The average molecular weight is 328 g/mol. The molecule has 0 aromatic rings. The van der Waals surface area contributed by atoms with Gasteiger partial charge in [-0.2, -0.15) is 0 Å². The van der Waals surface area contributed by atoms with E-state index in [4.69, 9.17) is 16.2 Å². The molecule has 0 bridgehead atoms. The van der Waals surface area contributed by atoms with Crippen molar-refractivity contribution >= 4 is 23.7 Å². The van der Waals surface area contributed by atoms with Crippen LogP contribution in [0.2, 0.25) is 0 Å². The van der Waals surface area contributed by atoms with Crippen LogP contribution in [0, 0.1) is 5.41 Å². The van der Waals surface area contributed by atoms with Crippen LogP contribution in [0.15, 0.2) is 0 Å². The Morgan fingerprint density at radius 1 is 1.39 bits per heavy atom. The first-order chi connectivity index (χ1) is 10.9. The number of rotatable bonds is 9. The molecule has 1 heterocycles. The standard InChI is InChI=1S/C13H24N6O4/c14-13(15)17-6-1-3-8(18-10(20)7-11(21)22)12(23)19-9-4-2-5-16-9/h8-9,16H,1-7H2,(H,18,20)(H,19,23)(H,21,22)(H4,14,15,17)/t8-,9?/m0/s1. The summed E-state index contributed by atoms with van der Waals surface area (Å²) in [5.41, 5.74) is 5.16. The molecule has 10 nitrogen and oxygen atoms in total. The molecular formula is C13H24N6O4. The molecule has 1 aliphatic heterocycles. The number of aliphatic carboxylic acids is 1. The van der Waals surface area contributed by atoms with Gasteiger partial charge in [-0.1, -0.05) is 0 Å². The monoisotopic (exact) mass is 328 g/mol. The van der Waals surface area contributed by atoms with Crippen molar-refractivity contribution in [1.29, 1.82) is 5.41 Å². The summed E-state index contributed by atoms with van der Waals surface area (Å²) >= 11 is 0. The van der Waals surface area contributed by atoms with Gasteiger partial charge in [0.1, 0.15) is 12.5 Å². The molecule has 0 aromatic carbocycles. The normalized spacial score (nSPS) is 18.0. The molecule has 1 saturated heterocycles. The van der Waals surface area contributed by atoms with Gasteiger partial charge in [0.2, 0.25) is 11.8 Å². The fraction of sp³-hybridized carbons (Fsp3) is 0.692. The number of carbonyl (C=O) groups is 3. The molecule has 130 valence electrons. The molecule has 1 unspecified atom stereocenters. The van der Waals surface area contributed by atoms with Crippen LogP contribution in [-0.4, -0.2) is 54.1 Å². The van der Waals surface area contributed by atoms with Gasteiger partial charge in [-0.05, 0) is 32.2 Å². The Hall–Kier alpha value is -2.36. The lowest BCUT2D eigenvalue weighted by Crippen LogP contribution is -2.52. The largest absolute Gasteiger partial charge is 0.481 e. The van der Waals surface area contributed by atoms with Gasteiger partial charge < -0.3 is 26.8 Å². The number of carboxylic acid groups (broad SMARTS) is 1. The molecule has 23 heavy (non-hydrogen) atoms. The summed E-state index contributed by atoms with van der Waals surface area (Å²) in [6.45, 7) is 1.21. The van der Waals surface area contributed by atoms with Gasteiger partial charge in [0, 0.05) is 6.54 Å². The summed E-state index contributed by atoms with van der Waals surface area (Å²) in [6, 6.07) is -0.821. The van der Waals surface area contributed by atoms with Gasteiger partial charge in [-0.25, -0.2) is 0 Å². The molecule has 1 aliphatic rings. The van der Waals surface area contributed by atoms with Crippen LogP contribution in [-0.2, 0) is 14.4 Å². The van der Waals surface area contributed by atoms with E-state index < -0.39 is 24.3 Å². The fourth-order valence-electron chi connectivity index (χ4n) is 2.26. The van der Waals surface area contributed by atoms with E-state index in [9.17, 15) is 14.4 Å². The zero-order valence-electron chi connectivity index (χ0n) is 12.9. The van der Waals surface area contributed by atoms with Crippen LogP contribution >= 0.6 is 0 Å². The van der Waals surface area contributed by atoms with Crippen molar-refractivity contribution < 1.29 is 19.5 Å². The summed E-state index contributed by atoms with van der Waals surface area (Å²) in [6.07, 6.45) is 1.76. The van der Waals surface area contributed by atoms with Gasteiger partial charge in [0.05, 0.1) is 6.17 Å². The van der Waals surface area contributed by atoms with E-state index in [1.54, 1.807) is 0 Å². The van der Waals surface area contributed by atoms with Crippen molar-refractivity contribution in [3.8, 4) is 0 Å². The van der Waals surface area contributed by atoms with E-state index in [0.29, 0.717) is 19.4 Å². The molecule has 0 saturated carbocycles. The highest BCUT2D eigenvalue weighted by atomic mass is 16.4. The molecular weight excluding hydrogens is 304 g/mol. The molecule has 1 fully saturated rings. The number of carboxylic acids is 1. The zero-order valence-corrected chi connectivity index (χ0v) is 12.9. The summed E-state index contributed by atoms with van der Waals surface area (Å²) in [7, 11) is 0. The highest BCUT2D eigenvalue weighted by molar-refractivity contribution is 5.96. The number of amides is 2. The molecule has 2 atom stereocenters. The van der Waals surface area contributed by atoms with Gasteiger partial charge in [0.25, 0.3) is 0 Å². The molecule has 0 aliphatic carbocycles. The van der Waals surface area contributed by atoms with E-state index in [0.717, 1.165) is 19.4 Å². The van der Waals surface area contributed by atoms with E-state index in [-0.39, 0.29) is 18.0 Å². The second kappa shape index (κ2) is 9.62. The van der Waals surface area contributed by atoms with Crippen LogP contribution in [0.4, 0.5) is 0 Å². The Bertz CT molecular complexity index is 450. The third-order valence-corrected chi connectivity index (χ3v) is 3.33. The second-order valence-corrected chi connectivity index (χ2v) is 5.33. The van der Waals surface area contributed by atoms with Gasteiger partial charge in [0.15, 0.2) is 5.96 Å². The van der Waals surface area contributed by atoms with Crippen molar-refractivity contribution in [3.63, 3.8) is 0 Å². The quantitative estimate of drug-likeness (QED) is 0.111. The molecule has 0 spiro atoms. The minimum absolute atomic E-state index is 0.128. The van der Waals surface area contributed by atoms with Gasteiger partial charge in [-0.3, -0.25) is 25.1 Å². The van der Waals surface area contributed by atoms with Crippen molar-refractivity contribution in [2.24, 2.45) is 5.73 Å². The number of hydrogen-bond acceptors (Lipinski definition) is 5. The maximum absolute atomic E-state index is 12.2. The lowest BCUT2D eigenvalue weighted by Gasteiger charge is -2.21. The highest BCUT2D eigenvalue weighted by Crippen LogP contribution is 2.04. The number of nitrogens with two attached hydrogens (primary N) is 1. The lowest BCUT2D eigenvalue weighted by atomic mass is 10.1. The van der Waals surface area contributed by atoms with Crippen LogP contribution < -0.4 is 27.0 Å². The van der Waals surface area contributed by atoms with E-state index in [1.165, 1.54) is 0 Å². The molecule has 8 N–H and O–H groups in total. The minimum atomic E-state index is -1.25. The lowest BCUT2D eigenvalue weighted by molar-refractivity contribution is -0.141. The first-order valence-electron chi connectivity index (χ1n) is 7.51. The summed E-state index contributed by atoms with van der Waals surface area (Å²) in [5, 5.41) is 26.6. The Balaban J connectivity index is 2.51. The molecule has 0 radical (unpaired) electrons. The predicted molar refractivity (Wildman–Crippen MR) is 82.5 cm³/mol. The Morgan fingerprint density at radius 2 is 2.13 bits per heavy atom. The van der Waals surface area contributed by atoms with Crippen LogP contribution in [0.25, 0.3) is 0 Å². The molecule has 0 aromatic heterocycles. The number of carbonyl (C=O) groups excluding carboxylic acids is 2. The third kappa shape index (κ3) is 8.00. The summed E-state index contributed by atoms with van der Waals surface area (Å²) in [5.74, 6) is -2.49. The van der Waals surface area contributed by atoms with Crippen molar-refractivity contribution in [1.82, 2.24) is 21.3 Å². The SMILES string of the molecule is N=C(N)NCCC[C@H](NC(=O)CC(=O)O)C(=O)NC1CCCN1. The van der Waals surface area contributed by atoms with Crippen molar-refractivity contribution in [2.45, 2.75) is 44.3 Å². The highest BCUT2D eigenvalue weighted by Gasteiger charge is 2.24. The second-order valence-electron chi connectivity index (χ2n) is 5.33. The maximum Gasteiger partial charge on any atom is 0.312 e. The van der Waals surface area contributed by atoms with Crippen LogP contribution in [0.3, 0.4) is 0 Å². The fourth-order valence-corrected chi connectivity index (χ4v) is 2.26. The number of hydrogen-bond donors (Lipinski definition) is 7. The summed E-state index contributed by atoms with van der Waals surface area (Å²) < 4.78 is 0. The minimum Gasteiger partial charge on any atom is -0.481 e. The van der Waals surface area contributed by atoms with Gasteiger partial charge in [-0.15, -0.1) is 0 Å². The molecule has 10 heteroatoms. The van der Waals surface area contributed by atoms with E-state index in [1.807, 2.05) is 0 Å². The first-order valence-corrected chi connectivity index (χ1v) is 7.51. The number of guanidine groups is 1. The van der Waals surface area contributed by atoms with E-state index in [2.05, 4.69) is 21.3 Å². The predicted octanol–water partition coefficient (Wildman–Crippen LogP) is -1.97. The first kappa shape index (κ1) is 18.7. The Kier molecular flexibility index (Phi) is 7.81. The van der Waals surface area contributed by atoms with E-state index >= 15 is 0 Å². The summed E-state index contributed by atoms with van der Waals surface area (Å²) in [4.78, 5) is 34.4. The topological polar surface area (TPSA) is 169 Å². The zero-order chi connectivity index (χ0) is 17.2. The number of nitrogens with one attached hydrogen (secondary N) is 5. The van der Waals surface area contributed by atoms with Crippen LogP contribution in [0.1, 0.15) is 32.1 Å². The average Bonchev–Trinajstić information content (AvgIpc) is 2.93. The Morgan fingerprint density at radius 3 is 2.70 bits per heavy atom. The maximum atomic E-state index is 12.2. The van der Waals surface area contributed by atoms with Gasteiger partial charge >= 0.3 is 5.97 Å². The van der Waals surface area contributed by atoms with Crippen molar-refractivity contribution in [2.75, 3.05) is 13.1 Å².